The van der Waals surface area contributed by atoms with Gasteiger partial charge in [-0.25, -0.2) is 0 Å². The van der Waals surface area contributed by atoms with Crippen LogP contribution in [0.5, 0.6) is 0 Å². The average molecular weight is 293 g/mol. The number of benzene rings is 2. The summed E-state index contributed by atoms with van der Waals surface area (Å²) in [5.74, 6) is -0.494. The smallest absolute Gasteiger partial charge is 0.271 e. The fraction of sp³-hybridized carbons (Fsp3) is 0.0625. The minimum absolute atomic E-state index is 0.145. The summed E-state index contributed by atoms with van der Waals surface area (Å²) in [4.78, 5) is 12.2. The molecule has 1 unspecified atom stereocenters. The number of anilines is 1. The lowest BCUT2D eigenvalue weighted by Gasteiger charge is -2.15. The summed E-state index contributed by atoms with van der Waals surface area (Å²) in [6, 6.07) is 16.0. The zero-order valence-corrected chi connectivity index (χ0v) is 11.4. The summed E-state index contributed by atoms with van der Waals surface area (Å²) in [6.45, 7) is 0. The summed E-state index contributed by atoms with van der Waals surface area (Å²) >= 11 is 0. The number of hydrogen-bond donors (Lipinski definition) is 2. The van der Waals surface area contributed by atoms with Crippen LogP contribution in [0.3, 0.4) is 0 Å². The van der Waals surface area contributed by atoms with Crippen molar-refractivity contribution in [1.82, 2.24) is 10.2 Å². The monoisotopic (exact) mass is 293 g/mol. The van der Waals surface area contributed by atoms with Crippen LogP contribution in [-0.4, -0.2) is 21.2 Å². The quantitative estimate of drug-likeness (QED) is 0.753. The molecular weight excluding hydrogens is 282 g/mol. The standard InChI is InChI=1S/C16H11N3O3/c20-14-16(21,11-8-4-5-9-12(11)17-14)15-19-18-13(22-15)10-6-2-1-3-7-10/h1-9,21H,(H,17,20). The lowest BCUT2D eigenvalue weighted by Crippen LogP contribution is -2.35. The number of nitrogens with zero attached hydrogens (tertiary/aromatic N) is 2. The highest BCUT2D eigenvalue weighted by molar-refractivity contribution is 6.06. The Kier molecular flexibility index (Phi) is 2.61. The highest BCUT2D eigenvalue weighted by atomic mass is 16.4. The van der Waals surface area contributed by atoms with Crippen LogP contribution in [0.4, 0.5) is 5.69 Å². The Bertz CT molecular complexity index is 860. The molecule has 6 nitrogen and oxygen atoms in total. The molecule has 3 aromatic rings. The molecule has 0 fully saturated rings. The number of aliphatic hydroxyl groups is 1. The second kappa shape index (κ2) is 4.51. The minimum Gasteiger partial charge on any atom is -0.417 e. The molecule has 2 aromatic carbocycles. The Hall–Kier alpha value is -2.99. The van der Waals surface area contributed by atoms with Gasteiger partial charge in [0.2, 0.25) is 11.5 Å². The van der Waals surface area contributed by atoms with Crippen LogP contribution >= 0.6 is 0 Å². The molecule has 1 amide bonds. The fourth-order valence-corrected chi connectivity index (χ4v) is 2.52. The molecule has 22 heavy (non-hydrogen) atoms. The van der Waals surface area contributed by atoms with Crippen LogP contribution in [0.1, 0.15) is 11.5 Å². The van der Waals surface area contributed by atoms with E-state index in [9.17, 15) is 9.90 Å². The van der Waals surface area contributed by atoms with E-state index >= 15 is 0 Å². The second-order valence-electron chi connectivity index (χ2n) is 4.99. The van der Waals surface area contributed by atoms with Crippen molar-refractivity contribution in [2.24, 2.45) is 0 Å². The van der Waals surface area contributed by atoms with Gasteiger partial charge < -0.3 is 14.8 Å². The van der Waals surface area contributed by atoms with Crippen molar-refractivity contribution in [2.75, 3.05) is 5.32 Å². The highest BCUT2D eigenvalue weighted by Gasteiger charge is 2.51. The van der Waals surface area contributed by atoms with Crippen LogP contribution in [0.2, 0.25) is 0 Å². The summed E-state index contributed by atoms with van der Waals surface area (Å²) in [5, 5.41) is 21.2. The maximum Gasteiger partial charge on any atom is 0.271 e. The van der Waals surface area contributed by atoms with Crippen molar-refractivity contribution in [2.45, 2.75) is 5.60 Å². The fourth-order valence-electron chi connectivity index (χ4n) is 2.52. The van der Waals surface area contributed by atoms with Gasteiger partial charge in [0.1, 0.15) is 0 Å². The van der Waals surface area contributed by atoms with Crippen LogP contribution < -0.4 is 5.32 Å². The topological polar surface area (TPSA) is 88.2 Å². The van der Waals surface area contributed by atoms with Gasteiger partial charge in [-0.15, -0.1) is 10.2 Å². The van der Waals surface area contributed by atoms with E-state index in [-0.39, 0.29) is 11.8 Å². The van der Waals surface area contributed by atoms with Gasteiger partial charge in [-0.3, -0.25) is 4.79 Å². The number of aromatic nitrogens is 2. The molecule has 1 atom stereocenters. The number of carbonyl (C=O) groups is 1. The van der Waals surface area contributed by atoms with E-state index in [0.717, 1.165) is 5.56 Å². The van der Waals surface area contributed by atoms with Gasteiger partial charge in [0, 0.05) is 16.8 Å². The molecule has 0 bridgehead atoms. The first-order valence-corrected chi connectivity index (χ1v) is 6.72. The van der Waals surface area contributed by atoms with Crippen molar-refractivity contribution in [3.05, 3.63) is 66.1 Å². The third-order valence-corrected chi connectivity index (χ3v) is 3.65. The van der Waals surface area contributed by atoms with Crippen molar-refractivity contribution in [1.29, 1.82) is 0 Å². The number of para-hydroxylation sites is 1. The predicted molar refractivity (Wildman–Crippen MR) is 77.8 cm³/mol. The van der Waals surface area contributed by atoms with Gasteiger partial charge >= 0.3 is 0 Å². The molecule has 4 rings (SSSR count). The molecule has 0 saturated carbocycles. The van der Waals surface area contributed by atoms with E-state index in [1.807, 2.05) is 30.3 Å². The van der Waals surface area contributed by atoms with Crippen molar-refractivity contribution in [3.63, 3.8) is 0 Å². The number of nitrogens with one attached hydrogen (secondary N) is 1. The van der Waals surface area contributed by atoms with Gasteiger partial charge in [0.05, 0.1) is 0 Å². The maximum absolute atomic E-state index is 12.2. The van der Waals surface area contributed by atoms with Gasteiger partial charge in [-0.05, 0) is 18.2 Å². The van der Waals surface area contributed by atoms with Crippen LogP contribution in [0.15, 0.2) is 59.0 Å². The van der Waals surface area contributed by atoms with Crippen LogP contribution in [0, 0.1) is 0 Å². The van der Waals surface area contributed by atoms with E-state index < -0.39 is 11.5 Å². The summed E-state index contributed by atoms with van der Waals surface area (Å²) in [7, 11) is 0. The van der Waals surface area contributed by atoms with E-state index in [2.05, 4.69) is 15.5 Å². The highest BCUT2D eigenvalue weighted by Crippen LogP contribution is 2.40. The Morgan fingerprint density at radius 1 is 1.00 bits per heavy atom. The van der Waals surface area contributed by atoms with Crippen molar-refractivity contribution < 1.29 is 14.3 Å². The Balaban J connectivity index is 1.83. The number of carbonyl (C=O) groups excluding carboxylic acids is 1. The van der Waals surface area contributed by atoms with Gasteiger partial charge in [0.25, 0.3) is 11.8 Å². The molecule has 1 aliphatic rings. The molecule has 1 aliphatic heterocycles. The van der Waals surface area contributed by atoms with E-state index in [1.54, 1.807) is 24.3 Å². The van der Waals surface area contributed by atoms with Gasteiger partial charge in [0.15, 0.2) is 0 Å². The normalized spacial score (nSPS) is 19.8. The van der Waals surface area contributed by atoms with E-state index in [0.29, 0.717) is 11.3 Å². The lowest BCUT2D eigenvalue weighted by molar-refractivity contribution is -0.131. The summed E-state index contributed by atoms with van der Waals surface area (Å²) in [5.41, 5.74) is -0.300. The summed E-state index contributed by atoms with van der Waals surface area (Å²) in [6.07, 6.45) is 0. The van der Waals surface area contributed by atoms with Crippen LogP contribution in [-0.2, 0) is 10.4 Å². The molecular formula is C16H11N3O3. The number of hydrogen-bond acceptors (Lipinski definition) is 5. The average Bonchev–Trinajstić information content (AvgIpc) is 3.14. The first-order valence-electron chi connectivity index (χ1n) is 6.72. The first kappa shape index (κ1) is 12.7. The largest absolute Gasteiger partial charge is 0.417 e. The van der Waals surface area contributed by atoms with E-state index in [4.69, 9.17) is 4.42 Å². The van der Waals surface area contributed by atoms with Gasteiger partial charge in [-0.1, -0.05) is 36.4 Å². The molecule has 6 heteroatoms. The molecule has 1 aromatic heterocycles. The van der Waals surface area contributed by atoms with Gasteiger partial charge in [-0.2, -0.15) is 0 Å². The number of rotatable bonds is 2. The molecule has 2 N–H and O–H groups in total. The molecule has 108 valence electrons. The number of fused-ring (bicyclic) bond motifs is 1. The maximum atomic E-state index is 12.2. The van der Waals surface area contributed by atoms with E-state index in [1.165, 1.54) is 0 Å². The molecule has 2 heterocycles. The van der Waals surface area contributed by atoms with Crippen molar-refractivity contribution >= 4 is 11.6 Å². The SMILES string of the molecule is O=C1Nc2ccccc2C1(O)c1nnc(-c2ccccc2)o1. The molecule has 0 radical (unpaired) electrons. The van der Waals surface area contributed by atoms with Crippen LogP contribution in [0.25, 0.3) is 11.5 Å². The minimum atomic E-state index is -1.96. The third kappa shape index (κ3) is 1.68. The summed E-state index contributed by atoms with van der Waals surface area (Å²) < 4.78 is 5.55. The Morgan fingerprint density at radius 2 is 1.73 bits per heavy atom. The molecule has 0 aliphatic carbocycles. The predicted octanol–water partition coefficient (Wildman–Crippen LogP) is 1.92. The Morgan fingerprint density at radius 3 is 2.55 bits per heavy atom. The molecule has 0 spiro atoms. The van der Waals surface area contributed by atoms with Crippen molar-refractivity contribution in [3.8, 4) is 11.5 Å². The zero-order valence-electron chi connectivity index (χ0n) is 11.4. The lowest BCUT2D eigenvalue weighted by atomic mass is 9.95. The second-order valence-corrected chi connectivity index (χ2v) is 4.99. The zero-order chi connectivity index (χ0) is 15.2. The molecule has 0 saturated heterocycles. The Labute approximate surface area is 125 Å². The first-order chi connectivity index (χ1) is 10.7. The number of amides is 1. The third-order valence-electron chi connectivity index (χ3n) is 3.65.